The van der Waals surface area contributed by atoms with Gasteiger partial charge in [0, 0.05) is 6.42 Å². The van der Waals surface area contributed by atoms with Crippen molar-refractivity contribution in [2.75, 3.05) is 0 Å². The highest BCUT2D eigenvalue weighted by atomic mass is 16.2. The first kappa shape index (κ1) is 18.7. The Morgan fingerprint density at radius 1 is 0.966 bits per heavy atom. The van der Waals surface area contributed by atoms with Crippen molar-refractivity contribution in [2.24, 2.45) is 0 Å². The van der Waals surface area contributed by atoms with Crippen molar-refractivity contribution in [3.8, 4) is 0 Å². The standard InChI is InChI=1S/C23H21N3O3/c1-15(17-11-10-16-6-2-3-7-18(16)14-17)24-21(27)12-13-26-23(29)20-9-5-4-8-19(20)22(28)25-26/h2-11,14-15H,12-13H2,1H3,(H,24,27)(H,25,28). The molecule has 0 saturated heterocycles. The monoisotopic (exact) mass is 387 g/mol. The van der Waals surface area contributed by atoms with Crippen LogP contribution >= 0.6 is 0 Å². The summed E-state index contributed by atoms with van der Waals surface area (Å²) in [5, 5.41) is 8.47. The highest BCUT2D eigenvalue weighted by Gasteiger charge is 2.12. The minimum absolute atomic E-state index is 0.0894. The molecule has 4 aromatic rings. The number of carbonyl (C=O) groups is 1. The lowest BCUT2D eigenvalue weighted by atomic mass is 10.0. The third-order valence-corrected chi connectivity index (χ3v) is 5.10. The van der Waals surface area contributed by atoms with Crippen LogP contribution in [0.2, 0.25) is 0 Å². The Bertz CT molecular complexity index is 1320. The van der Waals surface area contributed by atoms with Crippen LogP contribution in [0.5, 0.6) is 0 Å². The molecule has 0 bridgehead atoms. The van der Waals surface area contributed by atoms with Crippen LogP contribution in [0, 0.1) is 0 Å². The summed E-state index contributed by atoms with van der Waals surface area (Å²) in [5.41, 5.74) is 0.356. The summed E-state index contributed by atoms with van der Waals surface area (Å²) in [4.78, 5) is 37.1. The van der Waals surface area contributed by atoms with Crippen LogP contribution in [0.3, 0.4) is 0 Å². The van der Waals surface area contributed by atoms with Gasteiger partial charge in [0.25, 0.3) is 11.1 Å². The number of hydrogen-bond donors (Lipinski definition) is 2. The van der Waals surface area contributed by atoms with Crippen LogP contribution in [0.1, 0.15) is 24.9 Å². The molecule has 1 aromatic heterocycles. The Balaban J connectivity index is 1.46. The van der Waals surface area contributed by atoms with Crippen molar-refractivity contribution in [1.29, 1.82) is 0 Å². The SMILES string of the molecule is CC(NC(=O)CCn1[nH]c(=O)c2ccccc2c1=O)c1ccc2ccccc2c1. The van der Waals surface area contributed by atoms with E-state index < -0.39 is 0 Å². The zero-order valence-electron chi connectivity index (χ0n) is 16.0. The topological polar surface area (TPSA) is 84.0 Å². The van der Waals surface area contributed by atoms with E-state index in [0.29, 0.717) is 10.8 Å². The van der Waals surface area contributed by atoms with Crippen molar-refractivity contribution in [1.82, 2.24) is 15.1 Å². The van der Waals surface area contributed by atoms with Gasteiger partial charge in [0.15, 0.2) is 0 Å². The second-order valence-electron chi connectivity index (χ2n) is 7.09. The molecule has 0 aliphatic heterocycles. The number of benzene rings is 3. The predicted molar refractivity (Wildman–Crippen MR) is 114 cm³/mol. The second-order valence-corrected chi connectivity index (χ2v) is 7.09. The lowest BCUT2D eigenvalue weighted by molar-refractivity contribution is -0.122. The van der Waals surface area contributed by atoms with Crippen LogP contribution in [-0.4, -0.2) is 15.7 Å². The average molecular weight is 387 g/mol. The van der Waals surface area contributed by atoms with Gasteiger partial charge in [0.1, 0.15) is 0 Å². The summed E-state index contributed by atoms with van der Waals surface area (Å²) >= 11 is 0. The first-order valence-electron chi connectivity index (χ1n) is 9.53. The summed E-state index contributed by atoms with van der Waals surface area (Å²) < 4.78 is 1.20. The van der Waals surface area contributed by atoms with Crippen LogP contribution in [0.4, 0.5) is 0 Å². The molecule has 0 saturated carbocycles. The van der Waals surface area contributed by atoms with Crippen molar-refractivity contribution in [2.45, 2.75) is 25.9 Å². The number of aromatic nitrogens is 2. The van der Waals surface area contributed by atoms with Gasteiger partial charge in [0.2, 0.25) is 5.91 Å². The number of amides is 1. The molecule has 2 N–H and O–H groups in total. The summed E-state index contributed by atoms with van der Waals surface area (Å²) in [5.74, 6) is -0.188. The molecule has 1 heterocycles. The van der Waals surface area contributed by atoms with Crippen molar-refractivity contribution in [3.05, 3.63) is 93.0 Å². The van der Waals surface area contributed by atoms with Gasteiger partial charge in [0.05, 0.1) is 23.4 Å². The van der Waals surface area contributed by atoms with Crippen LogP contribution < -0.4 is 16.4 Å². The Morgan fingerprint density at radius 3 is 2.45 bits per heavy atom. The van der Waals surface area contributed by atoms with E-state index in [1.54, 1.807) is 24.3 Å². The Morgan fingerprint density at radius 2 is 1.66 bits per heavy atom. The van der Waals surface area contributed by atoms with E-state index in [9.17, 15) is 14.4 Å². The number of H-pyrrole nitrogens is 1. The number of carbonyl (C=O) groups excluding carboxylic acids is 1. The van der Waals surface area contributed by atoms with Gasteiger partial charge in [-0.3, -0.25) is 19.5 Å². The minimum Gasteiger partial charge on any atom is -0.350 e. The van der Waals surface area contributed by atoms with Gasteiger partial charge >= 0.3 is 0 Å². The number of fused-ring (bicyclic) bond motifs is 2. The third kappa shape index (κ3) is 3.82. The number of nitrogens with zero attached hydrogens (tertiary/aromatic N) is 1. The second kappa shape index (κ2) is 7.75. The highest BCUT2D eigenvalue weighted by molar-refractivity contribution is 5.83. The van der Waals surface area contributed by atoms with E-state index in [-0.39, 0.29) is 36.0 Å². The van der Waals surface area contributed by atoms with Crippen molar-refractivity contribution in [3.63, 3.8) is 0 Å². The van der Waals surface area contributed by atoms with E-state index in [1.165, 1.54) is 4.68 Å². The molecule has 3 aromatic carbocycles. The molecule has 4 rings (SSSR count). The van der Waals surface area contributed by atoms with Crippen molar-refractivity contribution < 1.29 is 4.79 Å². The fourth-order valence-corrected chi connectivity index (χ4v) is 3.49. The maximum Gasteiger partial charge on any atom is 0.273 e. The molecule has 0 fully saturated rings. The van der Waals surface area contributed by atoms with E-state index in [4.69, 9.17) is 0 Å². The Kier molecular flexibility index (Phi) is 4.99. The average Bonchev–Trinajstić information content (AvgIpc) is 2.75. The predicted octanol–water partition coefficient (Wildman–Crippen LogP) is 3.11. The largest absolute Gasteiger partial charge is 0.350 e. The quantitative estimate of drug-likeness (QED) is 0.552. The molecular formula is C23H21N3O3. The maximum atomic E-state index is 12.5. The van der Waals surface area contributed by atoms with Gasteiger partial charge in [-0.2, -0.15) is 0 Å². The molecular weight excluding hydrogens is 366 g/mol. The number of nitrogens with one attached hydrogen (secondary N) is 2. The third-order valence-electron chi connectivity index (χ3n) is 5.10. The normalized spacial score (nSPS) is 12.2. The van der Waals surface area contributed by atoms with Gasteiger partial charge in [-0.05, 0) is 41.5 Å². The molecule has 1 amide bonds. The lowest BCUT2D eigenvalue weighted by Crippen LogP contribution is -2.33. The summed E-state index contributed by atoms with van der Waals surface area (Å²) in [6, 6.07) is 20.6. The molecule has 0 spiro atoms. The van der Waals surface area contributed by atoms with Crippen LogP contribution in [0.15, 0.2) is 76.3 Å². The zero-order chi connectivity index (χ0) is 20.4. The fraction of sp³-hybridized carbons (Fsp3) is 0.174. The molecule has 0 aliphatic carbocycles. The number of aryl methyl sites for hydroxylation is 1. The van der Waals surface area contributed by atoms with Crippen molar-refractivity contribution >= 4 is 27.5 Å². The van der Waals surface area contributed by atoms with Gasteiger partial charge in [-0.25, -0.2) is 4.68 Å². The molecule has 6 heteroatoms. The van der Waals surface area contributed by atoms with E-state index in [0.717, 1.165) is 16.3 Å². The first-order chi connectivity index (χ1) is 14.0. The highest BCUT2D eigenvalue weighted by Crippen LogP contribution is 2.20. The molecule has 1 unspecified atom stereocenters. The molecule has 0 aliphatic rings. The number of hydrogen-bond acceptors (Lipinski definition) is 3. The molecule has 6 nitrogen and oxygen atoms in total. The Labute approximate surface area is 166 Å². The molecule has 29 heavy (non-hydrogen) atoms. The van der Waals surface area contributed by atoms with Crippen LogP contribution in [-0.2, 0) is 11.3 Å². The Hall–Kier alpha value is -3.67. The number of rotatable bonds is 5. The van der Waals surface area contributed by atoms with Gasteiger partial charge in [-0.1, -0.05) is 48.5 Å². The van der Waals surface area contributed by atoms with E-state index in [1.807, 2.05) is 43.3 Å². The summed E-state index contributed by atoms with van der Waals surface area (Å²) in [6.07, 6.45) is 0.0894. The first-order valence-corrected chi connectivity index (χ1v) is 9.53. The summed E-state index contributed by atoms with van der Waals surface area (Å²) in [6.45, 7) is 2.03. The minimum atomic E-state index is -0.342. The number of aromatic amines is 1. The smallest absolute Gasteiger partial charge is 0.273 e. The maximum absolute atomic E-state index is 12.5. The molecule has 0 radical (unpaired) electrons. The van der Waals surface area contributed by atoms with Gasteiger partial charge < -0.3 is 5.32 Å². The van der Waals surface area contributed by atoms with Crippen LogP contribution in [0.25, 0.3) is 21.5 Å². The summed E-state index contributed by atoms with van der Waals surface area (Å²) in [7, 11) is 0. The molecule has 146 valence electrons. The zero-order valence-corrected chi connectivity index (χ0v) is 16.0. The molecule has 1 atom stereocenters. The van der Waals surface area contributed by atoms with Gasteiger partial charge in [-0.15, -0.1) is 0 Å². The van der Waals surface area contributed by atoms with E-state index in [2.05, 4.69) is 16.5 Å². The lowest BCUT2D eigenvalue weighted by Gasteiger charge is -2.15. The van der Waals surface area contributed by atoms with E-state index >= 15 is 0 Å². The fourth-order valence-electron chi connectivity index (χ4n) is 3.49.